The van der Waals surface area contributed by atoms with Crippen LogP contribution in [0.1, 0.15) is 17.2 Å². The summed E-state index contributed by atoms with van der Waals surface area (Å²) < 4.78 is 10.7. The fourth-order valence-electron chi connectivity index (χ4n) is 2.29. The molecule has 1 unspecified atom stereocenters. The van der Waals surface area contributed by atoms with Gasteiger partial charge in [-0.1, -0.05) is 18.2 Å². The molecule has 0 aliphatic heterocycles. The van der Waals surface area contributed by atoms with Gasteiger partial charge in [-0.25, -0.2) is 0 Å². The Morgan fingerprint density at radius 1 is 0.952 bits per heavy atom. The van der Waals surface area contributed by atoms with Crippen LogP contribution in [0.15, 0.2) is 42.5 Å². The number of aliphatic hydroxyl groups excluding tert-OH is 1. The van der Waals surface area contributed by atoms with Gasteiger partial charge in [-0.05, 0) is 29.8 Å². The van der Waals surface area contributed by atoms with E-state index in [4.69, 9.17) is 9.47 Å². The van der Waals surface area contributed by atoms with Crippen LogP contribution in [0, 0.1) is 0 Å². The SMILES string of the molecule is COc1cccc(OC)c1C(O)c1cccc(N(C)C)c1. The van der Waals surface area contributed by atoms with Gasteiger partial charge in [0.2, 0.25) is 0 Å². The monoisotopic (exact) mass is 287 g/mol. The second-order valence-corrected chi connectivity index (χ2v) is 4.97. The zero-order valence-corrected chi connectivity index (χ0v) is 12.8. The van der Waals surface area contributed by atoms with Crippen LogP contribution in [0.3, 0.4) is 0 Å². The summed E-state index contributed by atoms with van der Waals surface area (Å²) in [5.41, 5.74) is 2.46. The first kappa shape index (κ1) is 15.2. The summed E-state index contributed by atoms with van der Waals surface area (Å²) in [4.78, 5) is 2.00. The molecule has 21 heavy (non-hydrogen) atoms. The van der Waals surface area contributed by atoms with Crippen molar-refractivity contribution < 1.29 is 14.6 Å². The van der Waals surface area contributed by atoms with Crippen molar-refractivity contribution in [1.29, 1.82) is 0 Å². The first-order valence-corrected chi connectivity index (χ1v) is 6.74. The van der Waals surface area contributed by atoms with Crippen LogP contribution < -0.4 is 14.4 Å². The summed E-state index contributed by atoms with van der Waals surface area (Å²) in [6, 6.07) is 13.2. The van der Waals surface area contributed by atoms with Gasteiger partial charge < -0.3 is 19.5 Å². The number of methoxy groups -OCH3 is 2. The van der Waals surface area contributed by atoms with Crippen molar-refractivity contribution in [2.24, 2.45) is 0 Å². The smallest absolute Gasteiger partial charge is 0.128 e. The molecule has 0 bridgehead atoms. The Morgan fingerprint density at radius 2 is 1.52 bits per heavy atom. The van der Waals surface area contributed by atoms with E-state index in [-0.39, 0.29) is 0 Å². The predicted molar refractivity (Wildman–Crippen MR) is 84.4 cm³/mol. The van der Waals surface area contributed by atoms with Gasteiger partial charge in [-0.3, -0.25) is 0 Å². The molecule has 1 atom stereocenters. The van der Waals surface area contributed by atoms with E-state index in [1.807, 2.05) is 61.5 Å². The molecule has 0 spiro atoms. The van der Waals surface area contributed by atoms with Crippen molar-refractivity contribution in [3.63, 3.8) is 0 Å². The van der Waals surface area contributed by atoms with Crippen LogP contribution in [0.4, 0.5) is 5.69 Å². The minimum atomic E-state index is -0.809. The molecule has 0 fully saturated rings. The Balaban J connectivity index is 2.49. The van der Waals surface area contributed by atoms with Gasteiger partial charge in [0.25, 0.3) is 0 Å². The van der Waals surface area contributed by atoms with E-state index in [0.717, 1.165) is 11.3 Å². The van der Waals surface area contributed by atoms with Crippen molar-refractivity contribution in [3.05, 3.63) is 53.6 Å². The molecule has 0 aliphatic rings. The first-order chi connectivity index (χ1) is 10.1. The number of rotatable bonds is 5. The molecular weight excluding hydrogens is 266 g/mol. The molecule has 0 aliphatic carbocycles. The van der Waals surface area contributed by atoms with E-state index >= 15 is 0 Å². The summed E-state index contributed by atoms with van der Waals surface area (Å²) in [7, 11) is 7.10. The van der Waals surface area contributed by atoms with E-state index in [9.17, 15) is 5.11 Å². The highest BCUT2D eigenvalue weighted by atomic mass is 16.5. The molecule has 112 valence electrons. The molecule has 2 rings (SSSR count). The van der Waals surface area contributed by atoms with Gasteiger partial charge in [-0.15, -0.1) is 0 Å². The minimum absolute atomic E-state index is 0.608. The third kappa shape index (κ3) is 3.11. The highest BCUT2D eigenvalue weighted by Crippen LogP contribution is 2.37. The number of aliphatic hydroxyl groups is 1. The van der Waals surface area contributed by atoms with Gasteiger partial charge in [0.05, 0.1) is 19.8 Å². The molecule has 0 radical (unpaired) electrons. The van der Waals surface area contributed by atoms with Crippen LogP contribution in [-0.4, -0.2) is 33.4 Å². The van der Waals surface area contributed by atoms with Crippen molar-refractivity contribution >= 4 is 5.69 Å². The molecule has 2 aromatic carbocycles. The predicted octanol–water partition coefficient (Wildman–Crippen LogP) is 2.85. The third-order valence-corrected chi connectivity index (χ3v) is 3.44. The van der Waals surface area contributed by atoms with Gasteiger partial charge in [0, 0.05) is 19.8 Å². The Hall–Kier alpha value is -2.20. The number of anilines is 1. The molecular formula is C17H21NO3. The number of nitrogens with zero attached hydrogens (tertiary/aromatic N) is 1. The lowest BCUT2D eigenvalue weighted by Crippen LogP contribution is -2.10. The average molecular weight is 287 g/mol. The lowest BCUT2D eigenvalue weighted by Gasteiger charge is -2.20. The lowest BCUT2D eigenvalue weighted by atomic mass is 9.99. The normalized spacial score (nSPS) is 11.9. The van der Waals surface area contributed by atoms with E-state index < -0.39 is 6.10 Å². The van der Waals surface area contributed by atoms with Crippen molar-refractivity contribution in [2.75, 3.05) is 33.2 Å². The quantitative estimate of drug-likeness (QED) is 0.918. The van der Waals surface area contributed by atoms with Crippen molar-refractivity contribution in [2.45, 2.75) is 6.10 Å². The maximum atomic E-state index is 10.7. The lowest BCUT2D eigenvalue weighted by molar-refractivity contribution is 0.209. The molecule has 2 aromatic rings. The second kappa shape index (κ2) is 6.50. The highest BCUT2D eigenvalue weighted by molar-refractivity contribution is 5.53. The van der Waals surface area contributed by atoms with Gasteiger partial charge >= 0.3 is 0 Å². The molecule has 0 amide bonds. The molecule has 0 aromatic heterocycles. The molecule has 4 heteroatoms. The van der Waals surface area contributed by atoms with E-state index in [1.54, 1.807) is 14.2 Å². The fourth-order valence-corrected chi connectivity index (χ4v) is 2.29. The number of hydrogen-bond donors (Lipinski definition) is 1. The highest BCUT2D eigenvalue weighted by Gasteiger charge is 2.20. The van der Waals surface area contributed by atoms with Gasteiger partial charge in [0.1, 0.15) is 17.6 Å². The average Bonchev–Trinajstić information content (AvgIpc) is 2.53. The molecule has 4 nitrogen and oxygen atoms in total. The third-order valence-electron chi connectivity index (χ3n) is 3.44. The number of benzene rings is 2. The first-order valence-electron chi connectivity index (χ1n) is 6.74. The zero-order valence-electron chi connectivity index (χ0n) is 12.8. The topological polar surface area (TPSA) is 41.9 Å². The Bertz CT molecular complexity index is 588. The number of hydrogen-bond acceptors (Lipinski definition) is 4. The summed E-state index contributed by atoms with van der Waals surface area (Å²) in [6.07, 6.45) is -0.809. The Kier molecular flexibility index (Phi) is 4.70. The molecule has 0 saturated carbocycles. The van der Waals surface area contributed by atoms with Crippen molar-refractivity contribution in [3.8, 4) is 11.5 Å². The van der Waals surface area contributed by atoms with Crippen LogP contribution in [-0.2, 0) is 0 Å². The maximum Gasteiger partial charge on any atom is 0.128 e. The number of ether oxygens (including phenoxy) is 2. The fraction of sp³-hybridized carbons (Fsp3) is 0.294. The standard InChI is InChI=1S/C17H21NO3/c1-18(2)13-8-5-7-12(11-13)17(19)16-14(20-3)9-6-10-15(16)21-4/h5-11,17,19H,1-4H3. The maximum absolute atomic E-state index is 10.7. The summed E-state index contributed by atoms with van der Waals surface area (Å²) >= 11 is 0. The zero-order chi connectivity index (χ0) is 15.4. The van der Waals surface area contributed by atoms with E-state index in [1.165, 1.54) is 0 Å². The summed E-state index contributed by atoms with van der Waals surface area (Å²) in [5.74, 6) is 1.22. The van der Waals surface area contributed by atoms with Gasteiger partial charge in [-0.2, -0.15) is 0 Å². The van der Waals surface area contributed by atoms with Crippen molar-refractivity contribution in [1.82, 2.24) is 0 Å². The molecule has 1 N–H and O–H groups in total. The minimum Gasteiger partial charge on any atom is -0.496 e. The molecule has 0 heterocycles. The summed E-state index contributed by atoms with van der Waals surface area (Å²) in [5, 5.41) is 10.7. The van der Waals surface area contributed by atoms with Crippen LogP contribution in [0.25, 0.3) is 0 Å². The van der Waals surface area contributed by atoms with Crippen LogP contribution >= 0.6 is 0 Å². The second-order valence-electron chi connectivity index (χ2n) is 4.97. The molecule has 0 saturated heterocycles. The Labute approximate surface area is 125 Å². The van der Waals surface area contributed by atoms with E-state index in [2.05, 4.69) is 0 Å². The Morgan fingerprint density at radius 3 is 2.05 bits per heavy atom. The van der Waals surface area contributed by atoms with Crippen LogP contribution in [0.5, 0.6) is 11.5 Å². The van der Waals surface area contributed by atoms with Crippen LogP contribution in [0.2, 0.25) is 0 Å². The summed E-state index contributed by atoms with van der Waals surface area (Å²) in [6.45, 7) is 0. The van der Waals surface area contributed by atoms with Gasteiger partial charge in [0.15, 0.2) is 0 Å². The van der Waals surface area contributed by atoms with E-state index in [0.29, 0.717) is 17.1 Å². The largest absolute Gasteiger partial charge is 0.496 e.